The average molecular weight is 294 g/mol. The molecule has 2 rings (SSSR count). The summed E-state index contributed by atoms with van der Waals surface area (Å²) in [5, 5.41) is 10.2. The second-order valence-electron chi connectivity index (χ2n) is 4.15. The molecule has 0 radical (unpaired) electrons. The molecule has 0 saturated heterocycles. The van der Waals surface area contributed by atoms with Crippen LogP contribution in [0, 0.1) is 0 Å². The second kappa shape index (κ2) is 5.48. The highest BCUT2D eigenvalue weighted by atomic mass is 32.2. The van der Waals surface area contributed by atoms with Gasteiger partial charge in [0.05, 0.1) is 0 Å². The van der Waals surface area contributed by atoms with Crippen LogP contribution >= 0.6 is 0 Å². The number of aromatic carboxylic acids is 1. The van der Waals surface area contributed by atoms with Gasteiger partial charge in [-0.1, -0.05) is 30.3 Å². The summed E-state index contributed by atoms with van der Waals surface area (Å²) in [6, 6.07) is 11.2. The van der Waals surface area contributed by atoms with Crippen LogP contribution in [0.5, 0.6) is 0 Å². The molecule has 0 spiro atoms. The minimum atomic E-state index is -3.87. The number of hydrogen-bond donors (Lipinski definition) is 0. The summed E-state index contributed by atoms with van der Waals surface area (Å²) in [6.07, 6.45) is 0. The second-order valence-corrected chi connectivity index (χ2v) is 6.13. The van der Waals surface area contributed by atoms with Crippen molar-refractivity contribution in [3.8, 4) is 0 Å². The van der Waals surface area contributed by atoms with Crippen molar-refractivity contribution >= 4 is 16.0 Å². The van der Waals surface area contributed by atoms with Crippen molar-refractivity contribution in [3.63, 3.8) is 0 Å². The SMILES string of the molecule is CN(Cc1ccccc1)S(=O)(=O)c1ccc(C(=O)[O-])o1. The van der Waals surface area contributed by atoms with Crippen LogP contribution in [0.2, 0.25) is 0 Å². The smallest absolute Gasteiger partial charge is 0.276 e. The Balaban J connectivity index is 2.23. The lowest BCUT2D eigenvalue weighted by atomic mass is 10.2. The zero-order valence-corrected chi connectivity index (χ0v) is 11.5. The minimum absolute atomic E-state index is 0.157. The van der Waals surface area contributed by atoms with Gasteiger partial charge in [-0.2, -0.15) is 4.31 Å². The third-order valence-electron chi connectivity index (χ3n) is 2.70. The third-order valence-corrected chi connectivity index (χ3v) is 4.37. The summed E-state index contributed by atoms with van der Waals surface area (Å²) in [6.45, 7) is 0.157. The van der Waals surface area contributed by atoms with E-state index in [-0.39, 0.29) is 6.54 Å². The number of hydrogen-bond acceptors (Lipinski definition) is 5. The van der Waals surface area contributed by atoms with Gasteiger partial charge in [-0.15, -0.1) is 0 Å². The van der Waals surface area contributed by atoms with Gasteiger partial charge in [-0.25, -0.2) is 8.42 Å². The molecule has 0 aliphatic carbocycles. The fraction of sp³-hybridized carbons (Fsp3) is 0.154. The van der Waals surface area contributed by atoms with Gasteiger partial charge in [-0.05, 0) is 17.7 Å². The van der Waals surface area contributed by atoms with E-state index in [1.807, 2.05) is 6.07 Å². The molecule has 1 aromatic carbocycles. The monoisotopic (exact) mass is 294 g/mol. The van der Waals surface area contributed by atoms with E-state index in [2.05, 4.69) is 0 Å². The van der Waals surface area contributed by atoms with Crippen LogP contribution in [0.3, 0.4) is 0 Å². The summed E-state index contributed by atoms with van der Waals surface area (Å²) in [5.41, 5.74) is 0.810. The summed E-state index contributed by atoms with van der Waals surface area (Å²) in [4.78, 5) is 10.6. The maximum absolute atomic E-state index is 12.2. The molecule has 0 fully saturated rings. The Labute approximate surface area is 116 Å². The van der Waals surface area contributed by atoms with Gasteiger partial charge in [-0.3, -0.25) is 0 Å². The van der Waals surface area contributed by atoms with Crippen molar-refractivity contribution < 1.29 is 22.7 Å². The molecule has 7 heteroatoms. The first-order valence-electron chi connectivity index (χ1n) is 5.72. The normalized spacial score (nSPS) is 11.7. The van der Waals surface area contributed by atoms with Gasteiger partial charge in [0.25, 0.3) is 10.0 Å². The Morgan fingerprint density at radius 1 is 1.20 bits per heavy atom. The molecule has 0 N–H and O–H groups in total. The highest BCUT2D eigenvalue weighted by Gasteiger charge is 2.24. The van der Waals surface area contributed by atoms with Crippen LogP contribution in [-0.4, -0.2) is 25.7 Å². The van der Waals surface area contributed by atoms with E-state index in [0.29, 0.717) is 0 Å². The first-order chi connectivity index (χ1) is 9.41. The van der Waals surface area contributed by atoms with Crippen molar-refractivity contribution in [2.45, 2.75) is 11.6 Å². The maximum Gasteiger partial charge on any atom is 0.276 e. The lowest BCUT2D eigenvalue weighted by Gasteiger charge is -2.15. The molecule has 0 saturated carbocycles. The van der Waals surface area contributed by atoms with Crippen molar-refractivity contribution in [2.24, 2.45) is 0 Å². The van der Waals surface area contributed by atoms with Crippen molar-refractivity contribution in [1.29, 1.82) is 0 Å². The van der Waals surface area contributed by atoms with Gasteiger partial charge >= 0.3 is 0 Å². The van der Waals surface area contributed by atoms with E-state index in [4.69, 9.17) is 4.42 Å². The summed E-state index contributed by atoms with van der Waals surface area (Å²) in [7, 11) is -2.48. The molecule has 20 heavy (non-hydrogen) atoms. The Hall–Kier alpha value is -2.12. The number of sulfonamides is 1. The molecular formula is C13H12NO5S-. The largest absolute Gasteiger partial charge is 0.542 e. The molecule has 1 heterocycles. The highest BCUT2D eigenvalue weighted by Crippen LogP contribution is 2.19. The number of furan rings is 1. The molecule has 0 unspecified atom stereocenters. The molecule has 0 atom stereocenters. The first-order valence-corrected chi connectivity index (χ1v) is 7.16. The van der Waals surface area contributed by atoms with E-state index >= 15 is 0 Å². The molecule has 0 amide bonds. The molecule has 106 valence electrons. The van der Waals surface area contributed by atoms with E-state index in [1.165, 1.54) is 7.05 Å². The number of nitrogens with zero attached hydrogens (tertiary/aromatic N) is 1. The maximum atomic E-state index is 12.2. The van der Waals surface area contributed by atoms with Gasteiger partial charge in [0, 0.05) is 13.6 Å². The Morgan fingerprint density at radius 2 is 1.85 bits per heavy atom. The summed E-state index contributed by atoms with van der Waals surface area (Å²) >= 11 is 0. The summed E-state index contributed by atoms with van der Waals surface area (Å²) in [5.74, 6) is -2.08. The zero-order chi connectivity index (χ0) is 14.8. The zero-order valence-electron chi connectivity index (χ0n) is 10.6. The molecule has 0 aliphatic rings. The van der Waals surface area contributed by atoms with Gasteiger partial charge < -0.3 is 14.3 Å². The Bertz CT molecular complexity index is 705. The van der Waals surface area contributed by atoms with E-state index in [9.17, 15) is 18.3 Å². The van der Waals surface area contributed by atoms with Crippen molar-refractivity contribution in [1.82, 2.24) is 4.31 Å². The lowest BCUT2D eigenvalue weighted by molar-refractivity contribution is -0.257. The number of benzene rings is 1. The predicted octanol–water partition coefficient (Wildman–Crippen LogP) is 0.464. The molecule has 1 aromatic heterocycles. The summed E-state index contributed by atoms with van der Waals surface area (Å²) < 4.78 is 30.2. The van der Waals surface area contributed by atoms with Crippen molar-refractivity contribution in [3.05, 3.63) is 53.8 Å². The predicted molar refractivity (Wildman–Crippen MR) is 68.1 cm³/mol. The molecule has 0 bridgehead atoms. The van der Waals surface area contributed by atoms with Gasteiger partial charge in [0.15, 0.2) is 5.76 Å². The number of rotatable bonds is 5. The number of carboxylic acids is 1. The molecular weight excluding hydrogens is 282 g/mol. The number of carbonyl (C=O) groups is 1. The van der Waals surface area contributed by atoms with E-state index < -0.39 is 26.8 Å². The fourth-order valence-electron chi connectivity index (χ4n) is 1.65. The Kier molecular flexibility index (Phi) is 3.91. The first kappa shape index (κ1) is 14.3. The average Bonchev–Trinajstić information content (AvgIpc) is 2.90. The minimum Gasteiger partial charge on any atom is -0.542 e. The van der Waals surface area contributed by atoms with Crippen LogP contribution < -0.4 is 5.11 Å². The van der Waals surface area contributed by atoms with Gasteiger partial charge in [0.1, 0.15) is 5.97 Å². The lowest BCUT2D eigenvalue weighted by Crippen LogP contribution is -2.26. The van der Waals surface area contributed by atoms with E-state index in [0.717, 1.165) is 22.0 Å². The van der Waals surface area contributed by atoms with Crippen LogP contribution in [-0.2, 0) is 16.6 Å². The topological polar surface area (TPSA) is 90.7 Å². The van der Waals surface area contributed by atoms with Crippen LogP contribution in [0.4, 0.5) is 0 Å². The van der Waals surface area contributed by atoms with Crippen molar-refractivity contribution in [2.75, 3.05) is 7.05 Å². The standard InChI is InChI=1S/C13H13NO5S/c1-14(9-10-5-3-2-4-6-10)20(17,18)12-8-7-11(19-12)13(15)16/h2-8H,9H2,1H3,(H,15,16)/p-1. The number of carbonyl (C=O) groups excluding carboxylic acids is 1. The van der Waals surface area contributed by atoms with Crippen LogP contribution in [0.15, 0.2) is 52.0 Å². The Morgan fingerprint density at radius 3 is 2.40 bits per heavy atom. The van der Waals surface area contributed by atoms with E-state index in [1.54, 1.807) is 24.3 Å². The fourth-order valence-corrected chi connectivity index (χ4v) is 2.71. The molecule has 2 aromatic rings. The number of carboxylic acid groups (broad SMARTS) is 1. The van der Waals surface area contributed by atoms with Crippen LogP contribution in [0.25, 0.3) is 0 Å². The van der Waals surface area contributed by atoms with Crippen LogP contribution in [0.1, 0.15) is 16.1 Å². The third kappa shape index (κ3) is 2.89. The molecule has 0 aliphatic heterocycles. The van der Waals surface area contributed by atoms with Gasteiger partial charge in [0.2, 0.25) is 5.09 Å². The molecule has 6 nitrogen and oxygen atoms in total. The quantitative estimate of drug-likeness (QED) is 0.799. The highest BCUT2D eigenvalue weighted by molar-refractivity contribution is 7.88.